The first-order valence-electron chi connectivity index (χ1n) is 7.40. The molecule has 2 N–H and O–H groups in total. The van der Waals surface area contributed by atoms with Gasteiger partial charge in [0, 0.05) is 6.04 Å². The highest BCUT2D eigenvalue weighted by Crippen LogP contribution is 2.41. The summed E-state index contributed by atoms with van der Waals surface area (Å²) < 4.78 is 0. The molecule has 0 spiro atoms. The van der Waals surface area contributed by atoms with E-state index in [1.165, 1.54) is 38.5 Å². The van der Waals surface area contributed by atoms with Crippen molar-refractivity contribution in [3.8, 4) is 0 Å². The van der Waals surface area contributed by atoms with Gasteiger partial charge in [-0.15, -0.1) is 0 Å². The van der Waals surface area contributed by atoms with E-state index >= 15 is 0 Å². The molecule has 0 radical (unpaired) electrons. The van der Waals surface area contributed by atoms with Crippen LogP contribution in [0.1, 0.15) is 59.3 Å². The minimum atomic E-state index is -0.0987. The lowest BCUT2D eigenvalue weighted by Gasteiger charge is -2.39. The molecule has 17 heavy (non-hydrogen) atoms. The first kappa shape index (κ1) is 13.4. The van der Waals surface area contributed by atoms with Gasteiger partial charge in [0.1, 0.15) is 0 Å². The molecule has 2 fully saturated rings. The first-order chi connectivity index (χ1) is 7.98. The van der Waals surface area contributed by atoms with Crippen LogP contribution >= 0.6 is 0 Å². The monoisotopic (exact) mass is 239 g/mol. The van der Waals surface area contributed by atoms with Crippen molar-refractivity contribution in [3.05, 3.63) is 0 Å². The molecule has 1 aliphatic carbocycles. The number of nitrogens with one attached hydrogen (secondary N) is 1. The molecule has 2 rings (SSSR count). The summed E-state index contributed by atoms with van der Waals surface area (Å²) in [6, 6.07) is 0.381. The molecule has 1 heterocycles. The average Bonchev–Trinajstić information content (AvgIpc) is 2.80. The molecule has 2 nitrogen and oxygen atoms in total. The molecule has 1 saturated heterocycles. The van der Waals surface area contributed by atoms with Crippen molar-refractivity contribution in [3.63, 3.8) is 0 Å². The van der Waals surface area contributed by atoms with E-state index in [4.69, 9.17) is 0 Å². The van der Waals surface area contributed by atoms with Crippen molar-refractivity contribution in [2.75, 3.05) is 6.54 Å². The highest BCUT2D eigenvalue weighted by atomic mass is 16.3. The highest BCUT2D eigenvalue weighted by molar-refractivity contribution is 4.89. The van der Waals surface area contributed by atoms with Crippen LogP contribution in [0.3, 0.4) is 0 Å². The third-order valence-electron chi connectivity index (χ3n) is 4.99. The molecule has 0 amide bonds. The number of hydrogen-bond acceptors (Lipinski definition) is 2. The summed E-state index contributed by atoms with van der Waals surface area (Å²) >= 11 is 0. The first-order valence-corrected chi connectivity index (χ1v) is 7.40. The van der Waals surface area contributed by atoms with Crippen molar-refractivity contribution in [2.45, 2.75) is 71.4 Å². The van der Waals surface area contributed by atoms with Crippen LogP contribution < -0.4 is 5.32 Å². The fraction of sp³-hybridized carbons (Fsp3) is 1.00. The predicted octanol–water partition coefficient (Wildman–Crippen LogP) is 2.95. The summed E-state index contributed by atoms with van der Waals surface area (Å²) in [4.78, 5) is 0. The third-order valence-corrected chi connectivity index (χ3v) is 4.99. The number of aliphatic hydroxyl groups excluding tert-OH is 1. The van der Waals surface area contributed by atoms with Gasteiger partial charge in [-0.1, -0.05) is 20.8 Å². The number of aliphatic hydroxyl groups is 1. The fourth-order valence-corrected chi connectivity index (χ4v) is 3.66. The van der Waals surface area contributed by atoms with E-state index in [9.17, 15) is 5.11 Å². The zero-order chi connectivity index (χ0) is 12.5. The van der Waals surface area contributed by atoms with Crippen LogP contribution in [-0.4, -0.2) is 23.8 Å². The second-order valence-corrected chi connectivity index (χ2v) is 7.17. The van der Waals surface area contributed by atoms with Gasteiger partial charge in [0.25, 0.3) is 0 Å². The predicted molar refractivity (Wildman–Crippen MR) is 71.9 cm³/mol. The van der Waals surface area contributed by atoms with Crippen LogP contribution in [-0.2, 0) is 0 Å². The topological polar surface area (TPSA) is 32.3 Å². The number of hydrogen-bond donors (Lipinski definition) is 2. The summed E-state index contributed by atoms with van der Waals surface area (Å²) in [5, 5.41) is 13.8. The van der Waals surface area contributed by atoms with Crippen LogP contribution in [0.15, 0.2) is 0 Å². The molecular weight excluding hydrogens is 210 g/mol. The molecule has 2 aliphatic rings. The Morgan fingerprint density at radius 2 is 1.71 bits per heavy atom. The Kier molecular flexibility index (Phi) is 4.14. The molecule has 0 aromatic carbocycles. The van der Waals surface area contributed by atoms with Gasteiger partial charge < -0.3 is 10.4 Å². The van der Waals surface area contributed by atoms with Crippen molar-refractivity contribution in [2.24, 2.45) is 17.3 Å². The molecule has 1 aliphatic heterocycles. The Labute approximate surface area is 106 Å². The molecule has 100 valence electrons. The van der Waals surface area contributed by atoms with Crippen molar-refractivity contribution < 1.29 is 5.11 Å². The van der Waals surface area contributed by atoms with Gasteiger partial charge in [-0.05, 0) is 62.3 Å². The average molecular weight is 239 g/mol. The van der Waals surface area contributed by atoms with Crippen LogP contribution in [0, 0.1) is 17.3 Å². The van der Waals surface area contributed by atoms with Gasteiger partial charge >= 0.3 is 0 Å². The minimum absolute atomic E-state index is 0.0987. The zero-order valence-corrected chi connectivity index (χ0v) is 11.7. The molecular formula is C15H29NO. The second kappa shape index (κ2) is 5.27. The SMILES string of the molecule is CC(C)(C)C1CCC(C(O)C2CCCN2)CC1. The van der Waals surface area contributed by atoms with E-state index in [2.05, 4.69) is 26.1 Å². The quantitative estimate of drug-likeness (QED) is 0.776. The summed E-state index contributed by atoms with van der Waals surface area (Å²) in [6.07, 6.45) is 7.36. The van der Waals surface area contributed by atoms with Gasteiger partial charge in [-0.2, -0.15) is 0 Å². The Bertz CT molecular complexity index is 232. The lowest BCUT2D eigenvalue weighted by Crippen LogP contribution is -2.42. The molecule has 0 aromatic rings. The Balaban J connectivity index is 1.82. The molecule has 2 atom stereocenters. The van der Waals surface area contributed by atoms with Crippen molar-refractivity contribution in [1.82, 2.24) is 5.32 Å². The van der Waals surface area contributed by atoms with Crippen LogP contribution in [0.2, 0.25) is 0 Å². The molecule has 2 unspecified atom stereocenters. The van der Waals surface area contributed by atoms with E-state index in [1.807, 2.05) is 0 Å². The van der Waals surface area contributed by atoms with Crippen LogP contribution in [0.5, 0.6) is 0 Å². The van der Waals surface area contributed by atoms with E-state index in [0.29, 0.717) is 17.4 Å². The largest absolute Gasteiger partial charge is 0.391 e. The Morgan fingerprint density at radius 1 is 1.06 bits per heavy atom. The van der Waals surface area contributed by atoms with Crippen molar-refractivity contribution in [1.29, 1.82) is 0 Å². The molecule has 1 saturated carbocycles. The third kappa shape index (κ3) is 3.23. The van der Waals surface area contributed by atoms with Gasteiger partial charge in [0.15, 0.2) is 0 Å². The maximum absolute atomic E-state index is 10.4. The fourth-order valence-electron chi connectivity index (χ4n) is 3.66. The number of rotatable bonds is 2. The molecule has 2 heteroatoms. The molecule has 0 aromatic heterocycles. The van der Waals surface area contributed by atoms with Gasteiger partial charge in [-0.3, -0.25) is 0 Å². The summed E-state index contributed by atoms with van der Waals surface area (Å²) in [7, 11) is 0. The summed E-state index contributed by atoms with van der Waals surface area (Å²) in [6.45, 7) is 8.16. The lowest BCUT2D eigenvalue weighted by atomic mass is 9.68. The standard InChI is InChI=1S/C15H29NO/c1-15(2,3)12-8-6-11(7-9-12)14(17)13-5-4-10-16-13/h11-14,16-17H,4-10H2,1-3H3. The van der Waals surface area contributed by atoms with Gasteiger partial charge in [-0.25, -0.2) is 0 Å². The van der Waals surface area contributed by atoms with E-state index in [0.717, 1.165) is 12.5 Å². The van der Waals surface area contributed by atoms with E-state index in [1.54, 1.807) is 0 Å². The normalized spacial score (nSPS) is 37.1. The lowest BCUT2D eigenvalue weighted by molar-refractivity contribution is 0.0326. The smallest absolute Gasteiger partial charge is 0.0721 e. The summed E-state index contributed by atoms with van der Waals surface area (Å²) in [5.41, 5.74) is 0.446. The maximum atomic E-state index is 10.4. The Hall–Kier alpha value is -0.0800. The van der Waals surface area contributed by atoms with Crippen molar-refractivity contribution >= 4 is 0 Å². The minimum Gasteiger partial charge on any atom is -0.391 e. The van der Waals surface area contributed by atoms with Gasteiger partial charge in [0.05, 0.1) is 6.10 Å². The zero-order valence-electron chi connectivity index (χ0n) is 11.7. The Morgan fingerprint density at radius 3 is 2.18 bits per heavy atom. The van der Waals surface area contributed by atoms with E-state index < -0.39 is 0 Å². The highest BCUT2D eigenvalue weighted by Gasteiger charge is 2.35. The van der Waals surface area contributed by atoms with Crippen LogP contribution in [0.25, 0.3) is 0 Å². The van der Waals surface area contributed by atoms with Gasteiger partial charge in [0.2, 0.25) is 0 Å². The summed E-state index contributed by atoms with van der Waals surface area (Å²) in [5.74, 6) is 1.40. The van der Waals surface area contributed by atoms with E-state index in [-0.39, 0.29) is 6.10 Å². The van der Waals surface area contributed by atoms with Crippen LogP contribution in [0.4, 0.5) is 0 Å². The maximum Gasteiger partial charge on any atom is 0.0721 e. The second-order valence-electron chi connectivity index (χ2n) is 7.17. The molecule has 0 bridgehead atoms.